The SMILES string of the molecule is CN1C(=O)c2cc(F)ccc2Nc2ccccc21. The number of benzene rings is 2. The van der Waals surface area contributed by atoms with Crippen LogP contribution in [0.1, 0.15) is 10.4 Å². The van der Waals surface area contributed by atoms with Gasteiger partial charge in [-0.15, -0.1) is 0 Å². The predicted molar refractivity (Wildman–Crippen MR) is 68.9 cm³/mol. The molecule has 3 nitrogen and oxygen atoms in total. The predicted octanol–water partition coefficient (Wildman–Crippen LogP) is 3.16. The average Bonchev–Trinajstić information content (AvgIpc) is 2.48. The number of para-hydroxylation sites is 2. The van der Waals surface area contributed by atoms with E-state index in [1.54, 1.807) is 13.1 Å². The van der Waals surface area contributed by atoms with E-state index >= 15 is 0 Å². The maximum absolute atomic E-state index is 13.3. The molecular weight excluding hydrogens is 231 g/mol. The van der Waals surface area contributed by atoms with Crippen molar-refractivity contribution in [2.45, 2.75) is 0 Å². The van der Waals surface area contributed by atoms with Gasteiger partial charge < -0.3 is 10.2 Å². The van der Waals surface area contributed by atoms with Crippen molar-refractivity contribution in [1.29, 1.82) is 0 Å². The van der Waals surface area contributed by atoms with Crippen LogP contribution in [0.5, 0.6) is 0 Å². The van der Waals surface area contributed by atoms with Gasteiger partial charge in [-0.2, -0.15) is 0 Å². The Kier molecular flexibility index (Phi) is 2.30. The molecule has 0 bridgehead atoms. The average molecular weight is 242 g/mol. The van der Waals surface area contributed by atoms with Crippen molar-refractivity contribution in [2.24, 2.45) is 0 Å². The highest BCUT2D eigenvalue weighted by molar-refractivity contribution is 6.13. The van der Waals surface area contributed by atoms with Crippen molar-refractivity contribution < 1.29 is 9.18 Å². The number of fused-ring (bicyclic) bond motifs is 2. The molecule has 0 unspecified atom stereocenters. The van der Waals surface area contributed by atoms with Gasteiger partial charge in [0.1, 0.15) is 5.82 Å². The number of amides is 1. The van der Waals surface area contributed by atoms with Crippen molar-refractivity contribution in [3.8, 4) is 0 Å². The largest absolute Gasteiger partial charge is 0.353 e. The van der Waals surface area contributed by atoms with Gasteiger partial charge in [-0.1, -0.05) is 12.1 Å². The molecule has 1 amide bonds. The van der Waals surface area contributed by atoms with Crippen LogP contribution in [0.2, 0.25) is 0 Å². The second-order valence-corrected chi connectivity index (χ2v) is 4.20. The van der Waals surface area contributed by atoms with Crippen LogP contribution in [0.15, 0.2) is 42.5 Å². The number of rotatable bonds is 0. The molecule has 0 saturated heterocycles. The van der Waals surface area contributed by atoms with Gasteiger partial charge >= 0.3 is 0 Å². The lowest BCUT2D eigenvalue weighted by molar-refractivity contribution is 0.0994. The van der Waals surface area contributed by atoms with Crippen molar-refractivity contribution in [3.05, 3.63) is 53.8 Å². The van der Waals surface area contributed by atoms with Crippen molar-refractivity contribution >= 4 is 23.0 Å². The fourth-order valence-corrected chi connectivity index (χ4v) is 2.11. The summed E-state index contributed by atoms with van der Waals surface area (Å²) in [5, 5.41) is 3.16. The smallest absolute Gasteiger partial charge is 0.260 e. The fraction of sp³-hybridized carbons (Fsp3) is 0.0714. The molecule has 2 aromatic rings. The number of halogens is 1. The van der Waals surface area contributed by atoms with Crippen LogP contribution in [-0.4, -0.2) is 13.0 Å². The third kappa shape index (κ3) is 1.54. The third-order valence-corrected chi connectivity index (χ3v) is 3.05. The lowest BCUT2D eigenvalue weighted by Gasteiger charge is -2.16. The number of nitrogens with zero attached hydrogens (tertiary/aromatic N) is 1. The molecule has 0 aliphatic carbocycles. The summed E-state index contributed by atoms with van der Waals surface area (Å²) in [7, 11) is 1.68. The first-order chi connectivity index (χ1) is 8.66. The standard InChI is InChI=1S/C14H11FN2O/c1-17-13-5-3-2-4-12(13)16-11-7-6-9(15)8-10(11)14(17)18/h2-8,16H,1H3. The summed E-state index contributed by atoms with van der Waals surface area (Å²) in [5.74, 6) is -0.634. The van der Waals surface area contributed by atoms with E-state index in [2.05, 4.69) is 5.32 Å². The molecule has 0 radical (unpaired) electrons. The lowest BCUT2D eigenvalue weighted by atomic mass is 10.1. The molecule has 2 aromatic carbocycles. The molecule has 0 spiro atoms. The van der Waals surface area contributed by atoms with Gasteiger partial charge in [0.25, 0.3) is 5.91 Å². The van der Waals surface area contributed by atoms with Crippen LogP contribution in [0.3, 0.4) is 0 Å². The highest BCUT2D eigenvalue weighted by Gasteiger charge is 2.23. The number of anilines is 3. The Morgan fingerprint density at radius 3 is 2.72 bits per heavy atom. The van der Waals surface area contributed by atoms with Gasteiger partial charge in [0, 0.05) is 7.05 Å². The number of nitrogens with one attached hydrogen (secondary N) is 1. The molecular formula is C14H11FN2O. The summed E-state index contributed by atoms with van der Waals surface area (Å²) in [6.45, 7) is 0. The minimum Gasteiger partial charge on any atom is -0.353 e. The Labute approximate surface area is 104 Å². The zero-order chi connectivity index (χ0) is 12.7. The van der Waals surface area contributed by atoms with Crippen molar-refractivity contribution in [2.75, 3.05) is 17.3 Å². The van der Waals surface area contributed by atoms with Crippen LogP contribution >= 0.6 is 0 Å². The van der Waals surface area contributed by atoms with Crippen molar-refractivity contribution in [3.63, 3.8) is 0 Å². The molecule has 1 aliphatic heterocycles. The Morgan fingerprint density at radius 1 is 1.11 bits per heavy atom. The summed E-state index contributed by atoms with van der Waals surface area (Å²) in [5.41, 5.74) is 2.57. The van der Waals surface area contributed by atoms with Gasteiger partial charge in [0.15, 0.2) is 0 Å². The maximum atomic E-state index is 13.3. The number of carbonyl (C=O) groups excluding carboxylic acids is 1. The van der Waals surface area contributed by atoms with Crippen LogP contribution < -0.4 is 10.2 Å². The van der Waals surface area contributed by atoms with Crippen LogP contribution in [-0.2, 0) is 0 Å². The molecule has 18 heavy (non-hydrogen) atoms. The first-order valence-electron chi connectivity index (χ1n) is 5.60. The van der Waals surface area contributed by atoms with Gasteiger partial charge in [0.05, 0.1) is 22.6 Å². The summed E-state index contributed by atoms with van der Waals surface area (Å²) in [6.07, 6.45) is 0. The third-order valence-electron chi connectivity index (χ3n) is 3.05. The van der Waals surface area contributed by atoms with E-state index in [1.807, 2.05) is 24.3 Å². The zero-order valence-corrected chi connectivity index (χ0v) is 9.77. The monoisotopic (exact) mass is 242 g/mol. The van der Waals surface area contributed by atoms with E-state index in [0.717, 1.165) is 11.4 Å². The maximum Gasteiger partial charge on any atom is 0.260 e. The van der Waals surface area contributed by atoms with E-state index in [0.29, 0.717) is 11.3 Å². The number of hydrogen-bond acceptors (Lipinski definition) is 2. The fourth-order valence-electron chi connectivity index (χ4n) is 2.11. The van der Waals surface area contributed by atoms with Crippen molar-refractivity contribution in [1.82, 2.24) is 0 Å². The number of carbonyl (C=O) groups is 1. The lowest BCUT2D eigenvalue weighted by Crippen LogP contribution is -2.25. The molecule has 90 valence electrons. The first kappa shape index (κ1) is 10.8. The van der Waals surface area contributed by atoms with E-state index < -0.39 is 5.82 Å². The van der Waals surface area contributed by atoms with Gasteiger partial charge in [-0.3, -0.25) is 4.79 Å². The van der Waals surface area contributed by atoms with E-state index in [-0.39, 0.29) is 5.91 Å². The molecule has 3 rings (SSSR count). The van der Waals surface area contributed by atoms with Crippen LogP contribution in [0.4, 0.5) is 21.5 Å². The molecule has 1 heterocycles. The van der Waals surface area contributed by atoms with E-state index in [1.165, 1.54) is 17.0 Å². The molecule has 1 N–H and O–H groups in total. The molecule has 1 aliphatic rings. The quantitative estimate of drug-likeness (QED) is 0.769. The summed E-state index contributed by atoms with van der Waals surface area (Å²) in [4.78, 5) is 13.8. The highest BCUT2D eigenvalue weighted by Crippen LogP contribution is 2.34. The Bertz CT molecular complexity index is 639. The molecule has 0 atom stereocenters. The van der Waals surface area contributed by atoms with E-state index in [9.17, 15) is 9.18 Å². The Hall–Kier alpha value is -2.36. The van der Waals surface area contributed by atoms with Gasteiger partial charge in [-0.05, 0) is 30.3 Å². The molecule has 4 heteroatoms. The van der Waals surface area contributed by atoms with Crippen LogP contribution in [0.25, 0.3) is 0 Å². The Balaban J connectivity index is 2.23. The van der Waals surface area contributed by atoms with Gasteiger partial charge in [0.2, 0.25) is 0 Å². The zero-order valence-electron chi connectivity index (χ0n) is 9.77. The number of hydrogen-bond donors (Lipinski definition) is 1. The minimum absolute atomic E-state index is 0.220. The topological polar surface area (TPSA) is 32.3 Å². The minimum atomic E-state index is -0.414. The second kappa shape index (κ2) is 3.84. The first-order valence-corrected chi connectivity index (χ1v) is 5.60. The Morgan fingerprint density at radius 2 is 1.89 bits per heavy atom. The molecule has 0 aromatic heterocycles. The van der Waals surface area contributed by atoms with E-state index in [4.69, 9.17) is 0 Å². The second-order valence-electron chi connectivity index (χ2n) is 4.20. The summed E-state index contributed by atoms with van der Waals surface area (Å²) >= 11 is 0. The highest BCUT2D eigenvalue weighted by atomic mass is 19.1. The summed E-state index contributed by atoms with van der Waals surface area (Å²) in [6, 6.07) is 11.7. The summed E-state index contributed by atoms with van der Waals surface area (Å²) < 4.78 is 13.3. The normalized spacial score (nSPS) is 13.4. The molecule has 0 saturated carbocycles. The molecule has 0 fully saturated rings. The van der Waals surface area contributed by atoms with Crippen LogP contribution in [0, 0.1) is 5.82 Å². The van der Waals surface area contributed by atoms with Gasteiger partial charge in [-0.25, -0.2) is 4.39 Å².